The molecule has 0 aromatic heterocycles. The van der Waals surface area contributed by atoms with Crippen molar-refractivity contribution in [3.05, 3.63) is 28.2 Å². The summed E-state index contributed by atoms with van der Waals surface area (Å²) in [4.78, 5) is 0. The van der Waals surface area contributed by atoms with E-state index in [9.17, 15) is 0 Å². The second-order valence-corrected chi connectivity index (χ2v) is 3.82. The van der Waals surface area contributed by atoms with E-state index in [0.29, 0.717) is 0 Å². The van der Waals surface area contributed by atoms with Crippen molar-refractivity contribution in [3.8, 4) is 5.75 Å². The van der Waals surface area contributed by atoms with Crippen LogP contribution in [0.3, 0.4) is 0 Å². The minimum atomic E-state index is 0.0584. The largest absolute Gasteiger partial charge is 0.496 e. The Morgan fingerprint density at radius 2 is 2.23 bits per heavy atom. The van der Waals surface area contributed by atoms with Crippen molar-refractivity contribution in [1.82, 2.24) is 0 Å². The lowest BCUT2D eigenvalue weighted by Gasteiger charge is -2.13. The van der Waals surface area contributed by atoms with Gasteiger partial charge in [0.05, 0.1) is 7.11 Å². The van der Waals surface area contributed by atoms with E-state index < -0.39 is 0 Å². The van der Waals surface area contributed by atoms with Gasteiger partial charge in [-0.15, -0.1) is 0 Å². The van der Waals surface area contributed by atoms with E-state index in [1.165, 1.54) is 0 Å². The van der Waals surface area contributed by atoms with Gasteiger partial charge in [-0.25, -0.2) is 0 Å². The molecule has 0 heterocycles. The van der Waals surface area contributed by atoms with Gasteiger partial charge in [-0.2, -0.15) is 0 Å². The Morgan fingerprint density at radius 1 is 1.54 bits per heavy atom. The van der Waals surface area contributed by atoms with Gasteiger partial charge in [0.1, 0.15) is 5.75 Å². The highest BCUT2D eigenvalue weighted by atomic mass is 79.9. The molecule has 0 amide bonds. The van der Waals surface area contributed by atoms with Gasteiger partial charge in [0, 0.05) is 16.1 Å². The number of ether oxygens (including phenoxy) is 1. The predicted octanol–water partition coefficient (Wildman–Crippen LogP) is 2.87. The SMILES string of the molecule is CC[C@H](N)c1ccc(Br)cc1OC. The van der Waals surface area contributed by atoms with Crippen molar-refractivity contribution in [2.45, 2.75) is 19.4 Å². The van der Waals surface area contributed by atoms with Crippen molar-refractivity contribution in [2.24, 2.45) is 5.73 Å². The summed E-state index contributed by atoms with van der Waals surface area (Å²) < 4.78 is 6.25. The normalized spacial score (nSPS) is 12.6. The minimum Gasteiger partial charge on any atom is -0.496 e. The zero-order chi connectivity index (χ0) is 9.84. The van der Waals surface area contributed by atoms with Crippen molar-refractivity contribution >= 4 is 15.9 Å². The molecule has 1 aromatic rings. The number of hydrogen-bond acceptors (Lipinski definition) is 2. The molecule has 1 atom stereocenters. The molecule has 0 saturated heterocycles. The quantitative estimate of drug-likeness (QED) is 0.887. The lowest BCUT2D eigenvalue weighted by Crippen LogP contribution is -2.09. The van der Waals surface area contributed by atoms with Crippen LogP contribution in [0.2, 0.25) is 0 Å². The Morgan fingerprint density at radius 3 is 2.77 bits per heavy atom. The van der Waals surface area contributed by atoms with Crippen LogP contribution in [0.1, 0.15) is 24.9 Å². The average Bonchev–Trinajstić information content (AvgIpc) is 2.16. The van der Waals surface area contributed by atoms with Crippen molar-refractivity contribution in [3.63, 3.8) is 0 Å². The third-order valence-corrected chi connectivity index (χ3v) is 2.53. The molecule has 0 bridgehead atoms. The van der Waals surface area contributed by atoms with E-state index in [4.69, 9.17) is 10.5 Å². The summed E-state index contributed by atoms with van der Waals surface area (Å²) in [6, 6.07) is 5.97. The van der Waals surface area contributed by atoms with Crippen molar-refractivity contribution in [2.75, 3.05) is 7.11 Å². The topological polar surface area (TPSA) is 35.2 Å². The van der Waals surface area contributed by atoms with E-state index in [1.807, 2.05) is 18.2 Å². The number of methoxy groups -OCH3 is 1. The van der Waals surface area contributed by atoms with Gasteiger partial charge in [-0.05, 0) is 18.6 Å². The molecule has 0 radical (unpaired) electrons. The highest BCUT2D eigenvalue weighted by Gasteiger charge is 2.09. The number of nitrogens with two attached hydrogens (primary N) is 1. The van der Waals surface area contributed by atoms with Crippen molar-refractivity contribution in [1.29, 1.82) is 0 Å². The zero-order valence-corrected chi connectivity index (χ0v) is 9.47. The molecule has 72 valence electrons. The van der Waals surface area contributed by atoms with E-state index in [1.54, 1.807) is 7.11 Å². The highest BCUT2D eigenvalue weighted by molar-refractivity contribution is 9.10. The van der Waals surface area contributed by atoms with Gasteiger partial charge in [-0.3, -0.25) is 0 Å². The molecular weight excluding hydrogens is 230 g/mol. The summed E-state index contributed by atoms with van der Waals surface area (Å²) in [7, 11) is 1.66. The summed E-state index contributed by atoms with van der Waals surface area (Å²) in [6.07, 6.45) is 0.915. The Hall–Kier alpha value is -0.540. The first kappa shape index (κ1) is 10.5. The first-order chi connectivity index (χ1) is 6.19. The molecule has 13 heavy (non-hydrogen) atoms. The molecule has 2 N–H and O–H groups in total. The van der Waals surface area contributed by atoms with Gasteiger partial charge in [0.2, 0.25) is 0 Å². The van der Waals surface area contributed by atoms with Crippen LogP contribution in [-0.2, 0) is 0 Å². The van der Waals surface area contributed by atoms with E-state index in [0.717, 1.165) is 22.2 Å². The summed E-state index contributed by atoms with van der Waals surface area (Å²) in [6.45, 7) is 2.06. The maximum Gasteiger partial charge on any atom is 0.124 e. The van der Waals surface area contributed by atoms with Crippen LogP contribution in [0.5, 0.6) is 5.75 Å². The van der Waals surface area contributed by atoms with Gasteiger partial charge >= 0.3 is 0 Å². The Bertz CT molecular complexity index is 288. The predicted molar refractivity (Wildman–Crippen MR) is 57.9 cm³/mol. The fourth-order valence-corrected chi connectivity index (χ4v) is 1.55. The number of halogens is 1. The summed E-state index contributed by atoms with van der Waals surface area (Å²) in [5.41, 5.74) is 6.99. The van der Waals surface area contributed by atoms with E-state index >= 15 is 0 Å². The smallest absolute Gasteiger partial charge is 0.124 e. The third kappa shape index (κ3) is 2.45. The summed E-state index contributed by atoms with van der Waals surface area (Å²) in [5.74, 6) is 0.851. The monoisotopic (exact) mass is 243 g/mol. The maximum atomic E-state index is 5.93. The molecule has 2 nitrogen and oxygen atoms in total. The van der Waals surface area contributed by atoms with Crippen LogP contribution < -0.4 is 10.5 Å². The van der Waals surface area contributed by atoms with Gasteiger partial charge < -0.3 is 10.5 Å². The molecular formula is C10H14BrNO. The number of hydrogen-bond donors (Lipinski definition) is 1. The average molecular weight is 244 g/mol. The summed E-state index contributed by atoms with van der Waals surface area (Å²) in [5, 5.41) is 0. The van der Waals surface area contributed by atoms with Crippen LogP contribution >= 0.6 is 15.9 Å². The first-order valence-electron chi connectivity index (χ1n) is 4.28. The molecule has 0 fully saturated rings. The molecule has 0 aliphatic heterocycles. The third-order valence-electron chi connectivity index (χ3n) is 2.03. The number of benzene rings is 1. The lowest BCUT2D eigenvalue weighted by atomic mass is 10.0. The van der Waals surface area contributed by atoms with Crippen LogP contribution in [0, 0.1) is 0 Å². The highest BCUT2D eigenvalue weighted by Crippen LogP contribution is 2.28. The zero-order valence-electron chi connectivity index (χ0n) is 7.88. The number of rotatable bonds is 3. The van der Waals surface area contributed by atoms with Crippen LogP contribution in [0.4, 0.5) is 0 Å². The fourth-order valence-electron chi connectivity index (χ4n) is 1.21. The molecule has 0 spiro atoms. The first-order valence-corrected chi connectivity index (χ1v) is 5.07. The van der Waals surface area contributed by atoms with Crippen molar-refractivity contribution < 1.29 is 4.74 Å². The minimum absolute atomic E-state index is 0.0584. The standard InChI is InChI=1S/C10H14BrNO/c1-3-9(12)8-5-4-7(11)6-10(8)13-2/h4-6,9H,3,12H2,1-2H3/t9-/m0/s1. The molecule has 0 unspecified atom stereocenters. The maximum absolute atomic E-state index is 5.93. The Balaban J connectivity index is 3.05. The molecule has 0 saturated carbocycles. The van der Waals surface area contributed by atoms with Crippen LogP contribution in [0.25, 0.3) is 0 Å². The molecule has 1 rings (SSSR count). The van der Waals surface area contributed by atoms with Crippen LogP contribution in [-0.4, -0.2) is 7.11 Å². The van der Waals surface area contributed by atoms with Gasteiger partial charge in [0.25, 0.3) is 0 Å². The van der Waals surface area contributed by atoms with E-state index in [2.05, 4.69) is 22.9 Å². The lowest BCUT2D eigenvalue weighted by molar-refractivity contribution is 0.404. The fraction of sp³-hybridized carbons (Fsp3) is 0.400. The molecule has 1 aromatic carbocycles. The Labute approximate surface area is 87.2 Å². The van der Waals surface area contributed by atoms with Crippen LogP contribution in [0.15, 0.2) is 22.7 Å². The second-order valence-electron chi connectivity index (χ2n) is 2.90. The van der Waals surface area contributed by atoms with Gasteiger partial charge in [-0.1, -0.05) is 28.9 Å². The molecule has 3 heteroatoms. The van der Waals surface area contributed by atoms with E-state index in [-0.39, 0.29) is 6.04 Å². The summed E-state index contributed by atoms with van der Waals surface area (Å²) >= 11 is 3.39. The second kappa shape index (κ2) is 4.63. The molecule has 0 aliphatic rings. The van der Waals surface area contributed by atoms with Gasteiger partial charge in [0.15, 0.2) is 0 Å². The molecule has 0 aliphatic carbocycles. The Kier molecular flexibility index (Phi) is 3.75.